The van der Waals surface area contributed by atoms with E-state index in [1.165, 1.54) is 11.3 Å². The summed E-state index contributed by atoms with van der Waals surface area (Å²) in [6.45, 7) is 0. The third-order valence-corrected chi connectivity index (χ3v) is 2.61. The maximum Gasteiger partial charge on any atom is 0.445 e. The molecule has 0 radical (unpaired) electrons. The number of rotatable bonds is 0. The predicted molar refractivity (Wildman–Crippen MR) is 48.2 cm³/mol. The van der Waals surface area contributed by atoms with Crippen LogP contribution >= 0.6 is 11.3 Å². The first-order chi connectivity index (χ1) is 5.83. The number of aromatic hydroxyl groups is 1. The number of hydrogen-bond donors (Lipinski definition) is 1. The maximum absolute atomic E-state index is 9.30. The SMILES string of the molecule is N#[N+]c1c(O)sc2ccccc12. The van der Waals surface area contributed by atoms with E-state index in [2.05, 4.69) is 4.98 Å². The summed E-state index contributed by atoms with van der Waals surface area (Å²) in [5, 5.41) is 18.7. The molecular weight excluding hydrogens is 172 g/mol. The molecule has 0 fully saturated rings. The van der Waals surface area contributed by atoms with Crippen LogP contribution in [-0.4, -0.2) is 5.11 Å². The molecule has 0 bridgehead atoms. The molecule has 0 spiro atoms. The summed E-state index contributed by atoms with van der Waals surface area (Å²) in [5.74, 6) is 0. The minimum atomic E-state index is 0.0544. The van der Waals surface area contributed by atoms with Crippen molar-refractivity contribution in [3.63, 3.8) is 0 Å². The minimum absolute atomic E-state index is 0.0544. The fourth-order valence-corrected chi connectivity index (χ4v) is 1.99. The van der Waals surface area contributed by atoms with Gasteiger partial charge in [-0.3, -0.25) is 0 Å². The lowest BCUT2D eigenvalue weighted by molar-refractivity contribution is 0.494. The molecule has 12 heavy (non-hydrogen) atoms. The van der Waals surface area contributed by atoms with Crippen LogP contribution in [0.3, 0.4) is 0 Å². The second kappa shape index (κ2) is 2.47. The number of thiophene rings is 1. The Bertz CT molecular complexity index is 469. The molecule has 3 nitrogen and oxygen atoms in total. The quantitative estimate of drug-likeness (QED) is 0.628. The van der Waals surface area contributed by atoms with Gasteiger partial charge in [-0.05, 0) is 12.1 Å². The molecule has 0 unspecified atom stereocenters. The highest BCUT2D eigenvalue weighted by molar-refractivity contribution is 7.21. The van der Waals surface area contributed by atoms with Crippen LogP contribution in [0.2, 0.25) is 0 Å². The topological polar surface area (TPSA) is 48.4 Å². The van der Waals surface area contributed by atoms with Gasteiger partial charge in [-0.1, -0.05) is 23.5 Å². The zero-order chi connectivity index (χ0) is 8.55. The van der Waals surface area contributed by atoms with Gasteiger partial charge in [-0.2, -0.15) is 0 Å². The summed E-state index contributed by atoms with van der Waals surface area (Å²) in [7, 11) is 0. The molecule has 1 N–H and O–H groups in total. The van der Waals surface area contributed by atoms with Crippen molar-refractivity contribution in [3.05, 3.63) is 29.2 Å². The average Bonchev–Trinajstić information content (AvgIpc) is 2.40. The van der Waals surface area contributed by atoms with Gasteiger partial charge in [-0.15, -0.1) is 0 Å². The summed E-state index contributed by atoms with van der Waals surface area (Å²) in [6.07, 6.45) is 0. The summed E-state index contributed by atoms with van der Waals surface area (Å²) in [4.78, 5) is 3.02. The van der Waals surface area contributed by atoms with Crippen molar-refractivity contribution < 1.29 is 5.11 Å². The van der Waals surface area contributed by atoms with E-state index in [9.17, 15) is 5.11 Å². The van der Waals surface area contributed by atoms with E-state index in [1.807, 2.05) is 18.2 Å². The van der Waals surface area contributed by atoms with E-state index < -0.39 is 0 Å². The zero-order valence-electron chi connectivity index (χ0n) is 6.06. The Morgan fingerprint density at radius 1 is 1.33 bits per heavy atom. The van der Waals surface area contributed by atoms with Gasteiger partial charge in [0.15, 0.2) is 4.98 Å². The summed E-state index contributed by atoms with van der Waals surface area (Å²) < 4.78 is 0.919. The molecule has 0 saturated carbocycles. The molecular formula is C8H5N2OS+. The van der Waals surface area contributed by atoms with E-state index in [4.69, 9.17) is 5.39 Å². The van der Waals surface area contributed by atoms with E-state index in [0.717, 1.165) is 10.1 Å². The van der Waals surface area contributed by atoms with Gasteiger partial charge in [0, 0.05) is 4.70 Å². The molecule has 2 aromatic rings. The summed E-state index contributed by atoms with van der Waals surface area (Å²) in [5.41, 5.74) is 0.260. The molecule has 58 valence electrons. The van der Waals surface area contributed by atoms with Crippen LogP contribution in [0.5, 0.6) is 5.06 Å². The highest BCUT2D eigenvalue weighted by Crippen LogP contribution is 2.42. The second-order valence-electron chi connectivity index (χ2n) is 2.35. The lowest BCUT2D eigenvalue weighted by Gasteiger charge is -1.79. The largest absolute Gasteiger partial charge is 0.494 e. The number of benzene rings is 1. The van der Waals surface area contributed by atoms with Crippen molar-refractivity contribution in [2.24, 2.45) is 0 Å². The zero-order valence-corrected chi connectivity index (χ0v) is 6.88. The molecule has 4 heteroatoms. The van der Waals surface area contributed by atoms with Gasteiger partial charge in [-0.25, -0.2) is 0 Å². The van der Waals surface area contributed by atoms with Crippen molar-refractivity contribution in [2.75, 3.05) is 0 Å². The van der Waals surface area contributed by atoms with Crippen molar-refractivity contribution in [1.82, 2.24) is 0 Å². The van der Waals surface area contributed by atoms with Gasteiger partial charge >= 0.3 is 5.69 Å². The summed E-state index contributed by atoms with van der Waals surface area (Å²) in [6, 6.07) is 7.39. The van der Waals surface area contributed by atoms with Gasteiger partial charge in [0.25, 0.3) is 5.06 Å². The third-order valence-electron chi connectivity index (χ3n) is 1.65. The van der Waals surface area contributed by atoms with E-state index in [0.29, 0.717) is 0 Å². The van der Waals surface area contributed by atoms with Crippen molar-refractivity contribution >= 4 is 27.1 Å². The summed E-state index contributed by atoms with van der Waals surface area (Å²) >= 11 is 1.21. The smallest absolute Gasteiger partial charge is 0.445 e. The van der Waals surface area contributed by atoms with Gasteiger partial charge in [0.2, 0.25) is 5.39 Å². The van der Waals surface area contributed by atoms with Crippen LogP contribution in [0, 0.1) is 5.39 Å². The Hall–Kier alpha value is -1.60. The highest BCUT2D eigenvalue weighted by Gasteiger charge is 2.21. The molecule has 1 heterocycles. The van der Waals surface area contributed by atoms with Crippen molar-refractivity contribution in [1.29, 1.82) is 5.39 Å². The molecule has 0 aliphatic heterocycles. The molecule has 1 aromatic heterocycles. The first kappa shape index (κ1) is 7.07. The Morgan fingerprint density at radius 3 is 2.83 bits per heavy atom. The lowest BCUT2D eigenvalue weighted by atomic mass is 10.2. The lowest BCUT2D eigenvalue weighted by Crippen LogP contribution is -1.59. The van der Waals surface area contributed by atoms with Crippen molar-refractivity contribution in [2.45, 2.75) is 0 Å². The Morgan fingerprint density at radius 2 is 2.08 bits per heavy atom. The number of hydrogen-bond acceptors (Lipinski definition) is 3. The maximum atomic E-state index is 9.30. The van der Waals surface area contributed by atoms with E-state index in [-0.39, 0.29) is 10.8 Å². The van der Waals surface area contributed by atoms with Gasteiger partial charge in [0.1, 0.15) is 0 Å². The van der Waals surface area contributed by atoms with Crippen LogP contribution in [0.4, 0.5) is 5.69 Å². The van der Waals surface area contributed by atoms with Gasteiger partial charge < -0.3 is 5.11 Å². The fraction of sp³-hybridized carbons (Fsp3) is 0. The third kappa shape index (κ3) is 0.840. The van der Waals surface area contributed by atoms with Crippen molar-refractivity contribution in [3.8, 4) is 5.06 Å². The molecule has 2 rings (SSSR count). The predicted octanol–water partition coefficient (Wildman–Crippen LogP) is 3.09. The van der Waals surface area contributed by atoms with Crippen LogP contribution in [0.15, 0.2) is 24.3 Å². The van der Waals surface area contributed by atoms with Crippen LogP contribution < -0.4 is 0 Å². The molecule has 1 aromatic carbocycles. The van der Waals surface area contributed by atoms with Gasteiger partial charge in [0.05, 0.1) is 5.39 Å². The molecule has 0 amide bonds. The van der Waals surface area contributed by atoms with E-state index >= 15 is 0 Å². The van der Waals surface area contributed by atoms with E-state index in [1.54, 1.807) is 6.07 Å². The van der Waals surface area contributed by atoms with Crippen LogP contribution in [-0.2, 0) is 0 Å². The normalized spacial score (nSPS) is 9.92. The highest BCUT2D eigenvalue weighted by atomic mass is 32.1. The van der Waals surface area contributed by atoms with Crippen LogP contribution in [0.25, 0.3) is 15.1 Å². The second-order valence-corrected chi connectivity index (χ2v) is 3.38. The number of diazo groups is 1. The Labute approximate surface area is 72.5 Å². The standard InChI is InChI=1S/C8H4N2OS/c9-10-7-5-3-1-2-4-6(5)12-8(7)11/h1-4H/p+1. The molecule has 0 aliphatic carbocycles. The van der Waals surface area contributed by atoms with Crippen LogP contribution in [0.1, 0.15) is 0 Å². The first-order valence-electron chi connectivity index (χ1n) is 3.38. The Balaban J connectivity index is 2.93. The number of nitrogens with zero attached hydrogens (tertiary/aromatic N) is 2. The minimum Gasteiger partial charge on any atom is -0.494 e. The Kier molecular flexibility index (Phi) is 1.45. The molecule has 0 aliphatic rings. The fourth-order valence-electron chi connectivity index (χ4n) is 1.12. The average molecular weight is 177 g/mol. The molecule has 0 saturated heterocycles. The number of fused-ring (bicyclic) bond motifs is 1. The monoisotopic (exact) mass is 177 g/mol. The first-order valence-corrected chi connectivity index (χ1v) is 4.20. The molecule has 0 atom stereocenters.